The Bertz CT molecular complexity index is 1080. The summed E-state index contributed by atoms with van der Waals surface area (Å²) in [5, 5.41) is 4.44. The summed E-state index contributed by atoms with van der Waals surface area (Å²) in [4.78, 5) is 26.2. The highest BCUT2D eigenvalue weighted by molar-refractivity contribution is 7.20. The Kier molecular flexibility index (Phi) is 5.61. The number of thiophene rings is 1. The van der Waals surface area contributed by atoms with Crippen LogP contribution in [0.5, 0.6) is 5.75 Å². The van der Waals surface area contributed by atoms with Crippen LogP contribution in [-0.2, 0) is 0 Å². The highest BCUT2D eigenvalue weighted by atomic mass is 35.5. The molecule has 0 spiro atoms. The Balaban J connectivity index is 1.74. The SMILES string of the molecule is COc1ccc(Cl)cc1NC(=O)c1sc2nc(C)nc(N3CCCCC3)c2c1C. The molecule has 2 aromatic heterocycles. The van der Waals surface area contributed by atoms with Crippen LogP contribution in [0.2, 0.25) is 5.02 Å². The monoisotopic (exact) mass is 430 g/mol. The van der Waals surface area contributed by atoms with Gasteiger partial charge < -0.3 is 15.0 Å². The average molecular weight is 431 g/mol. The van der Waals surface area contributed by atoms with Gasteiger partial charge in [0, 0.05) is 18.1 Å². The van der Waals surface area contributed by atoms with Crippen molar-refractivity contribution in [2.45, 2.75) is 33.1 Å². The topological polar surface area (TPSA) is 67.3 Å². The summed E-state index contributed by atoms with van der Waals surface area (Å²) in [6.45, 7) is 5.85. The lowest BCUT2D eigenvalue weighted by Crippen LogP contribution is -2.30. The molecule has 8 heteroatoms. The number of anilines is 2. The number of ether oxygens (including phenoxy) is 1. The van der Waals surface area contributed by atoms with Gasteiger partial charge in [0.2, 0.25) is 0 Å². The first-order valence-corrected chi connectivity index (χ1v) is 10.8. The Morgan fingerprint density at radius 1 is 1.21 bits per heavy atom. The van der Waals surface area contributed by atoms with Gasteiger partial charge in [-0.15, -0.1) is 11.3 Å². The molecule has 0 unspecified atom stereocenters. The van der Waals surface area contributed by atoms with E-state index in [0.717, 1.165) is 53.4 Å². The quantitative estimate of drug-likeness (QED) is 0.615. The molecule has 0 radical (unpaired) electrons. The molecule has 1 N–H and O–H groups in total. The van der Waals surface area contributed by atoms with Gasteiger partial charge in [-0.3, -0.25) is 4.79 Å². The standard InChI is InChI=1S/C21H23ClN4O2S/c1-12-17-19(26-9-5-4-6-10-26)23-13(2)24-21(17)29-18(12)20(27)25-15-11-14(22)7-8-16(15)28-3/h7-8,11H,4-6,9-10H2,1-3H3,(H,25,27). The lowest BCUT2D eigenvalue weighted by molar-refractivity contribution is 0.102. The molecule has 0 aliphatic carbocycles. The van der Waals surface area contributed by atoms with E-state index >= 15 is 0 Å². The van der Waals surface area contributed by atoms with Crippen molar-refractivity contribution in [2.75, 3.05) is 30.4 Å². The summed E-state index contributed by atoms with van der Waals surface area (Å²) in [5.74, 6) is 2.03. The zero-order valence-electron chi connectivity index (χ0n) is 16.7. The fraction of sp³-hybridized carbons (Fsp3) is 0.381. The molecule has 3 aromatic rings. The minimum atomic E-state index is -0.201. The van der Waals surface area contributed by atoms with Crippen LogP contribution in [-0.4, -0.2) is 36.1 Å². The third-order valence-electron chi connectivity index (χ3n) is 5.15. The van der Waals surface area contributed by atoms with Crippen molar-refractivity contribution in [3.8, 4) is 5.75 Å². The normalized spacial score (nSPS) is 14.3. The molecule has 4 rings (SSSR count). The number of benzene rings is 1. The molecule has 1 amide bonds. The second-order valence-electron chi connectivity index (χ2n) is 7.18. The Hall–Kier alpha value is -2.38. The molecule has 1 fully saturated rings. The molecule has 1 aromatic carbocycles. The fourth-order valence-electron chi connectivity index (χ4n) is 3.73. The zero-order valence-corrected chi connectivity index (χ0v) is 18.3. The average Bonchev–Trinajstić information content (AvgIpc) is 3.04. The van der Waals surface area contributed by atoms with E-state index in [2.05, 4.69) is 15.2 Å². The number of nitrogens with one attached hydrogen (secondary N) is 1. The fourth-order valence-corrected chi connectivity index (χ4v) is 5.02. The third-order valence-corrected chi connectivity index (χ3v) is 6.57. The summed E-state index contributed by atoms with van der Waals surface area (Å²) in [5.41, 5.74) is 1.45. The number of nitrogens with zero attached hydrogens (tertiary/aromatic N) is 3. The molecule has 1 aliphatic heterocycles. The van der Waals surface area contributed by atoms with Gasteiger partial charge >= 0.3 is 0 Å². The summed E-state index contributed by atoms with van der Waals surface area (Å²) in [7, 11) is 1.56. The van der Waals surface area contributed by atoms with Crippen molar-refractivity contribution in [3.63, 3.8) is 0 Å². The van der Waals surface area contributed by atoms with Gasteiger partial charge in [0.25, 0.3) is 5.91 Å². The van der Waals surface area contributed by atoms with Crippen LogP contribution in [0.15, 0.2) is 18.2 Å². The smallest absolute Gasteiger partial charge is 0.266 e. The molecular weight excluding hydrogens is 408 g/mol. The van der Waals surface area contributed by atoms with E-state index < -0.39 is 0 Å². The molecular formula is C21H23ClN4O2S. The number of piperidine rings is 1. The highest BCUT2D eigenvalue weighted by Crippen LogP contribution is 2.37. The maximum absolute atomic E-state index is 13.1. The number of halogens is 1. The lowest BCUT2D eigenvalue weighted by atomic mass is 10.1. The highest BCUT2D eigenvalue weighted by Gasteiger charge is 2.24. The van der Waals surface area contributed by atoms with Crippen molar-refractivity contribution in [2.24, 2.45) is 0 Å². The molecule has 0 saturated carbocycles. The van der Waals surface area contributed by atoms with Crippen LogP contribution < -0.4 is 15.0 Å². The number of hydrogen-bond acceptors (Lipinski definition) is 6. The first kappa shape index (κ1) is 19.9. The van der Waals surface area contributed by atoms with Crippen molar-refractivity contribution >= 4 is 50.6 Å². The maximum Gasteiger partial charge on any atom is 0.266 e. The molecule has 29 heavy (non-hydrogen) atoms. The van der Waals surface area contributed by atoms with E-state index in [-0.39, 0.29) is 5.91 Å². The number of rotatable bonds is 4. The molecule has 6 nitrogen and oxygen atoms in total. The molecule has 152 valence electrons. The number of hydrogen-bond donors (Lipinski definition) is 1. The Morgan fingerprint density at radius 3 is 2.69 bits per heavy atom. The molecule has 0 bridgehead atoms. The van der Waals surface area contributed by atoms with Crippen LogP contribution in [0.3, 0.4) is 0 Å². The second-order valence-corrected chi connectivity index (χ2v) is 8.61. The number of carbonyl (C=O) groups excluding carboxylic acids is 1. The van der Waals surface area contributed by atoms with Gasteiger partial charge in [0.15, 0.2) is 0 Å². The summed E-state index contributed by atoms with van der Waals surface area (Å²) in [6.07, 6.45) is 3.58. The van der Waals surface area contributed by atoms with Crippen molar-refractivity contribution in [3.05, 3.63) is 39.5 Å². The molecule has 0 atom stereocenters. The molecule has 3 heterocycles. The van der Waals surface area contributed by atoms with Gasteiger partial charge in [0.05, 0.1) is 23.1 Å². The van der Waals surface area contributed by atoms with Gasteiger partial charge in [-0.25, -0.2) is 9.97 Å². The lowest BCUT2D eigenvalue weighted by Gasteiger charge is -2.28. The van der Waals surface area contributed by atoms with E-state index in [1.807, 2.05) is 13.8 Å². The van der Waals surface area contributed by atoms with Gasteiger partial charge in [0.1, 0.15) is 22.2 Å². The van der Waals surface area contributed by atoms with Crippen LogP contribution in [0, 0.1) is 13.8 Å². The van der Waals surface area contributed by atoms with E-state index in [0.29, 0.717) is 21.3 Å². The number of amides is 1. The van der Waals surface area contributed by atoms with E-state index in [4.69, 9.17) is 21.3 Å². The maximum atomic E-state index is 13.1. The van der Waals surface area contributed by atoms with E-state index in [1.165, 1.54) is 17.8 Å². The minimum absolute atomic E-state index is 0.201. The zero-order chi connectivity index (χ0) is 20.5. The van der Waals surface area contributed by atoms with Crippen molar-refractivity contribution in [1.82, 2.24) is 9.97 Å². The van der Waals surface area contributed by atoms with Gasteiger partial charge in [-0.2, -0.15) is 0 Å². The van der Waals surface area contributed by atoms with Gasteiger partial charge in [-0.05, 0) is 56.9 Å². The largest absolute Gasteiger partial charge is 0.495 e. The minimum Gasteiger partial charge on any atom is -0.495 e. The summed E-state index contributed by atoms with van der Waals surface area (Å²) in [6, 6.07) is 5.15. The number of methoxy groups -OCH3 is 1. The van der Waals surface area contributed by atoms with E-state index in [1.54, 1.807) is 25.3 Å². The first-order valence-electron chi connectivity index (χ1n) is 9.65. The first-order chi connectivity index (χ1) is 14.0. The summed E-state index contributed by atoms with van der Waals surface area (Å²) >= 11 is 7.49. The predicted octanol–water partition coefficient (Wildman–Crippen LogP) is 5.21. The predicted molar refractivity (Wildman–Crippen MR) is 119 cm³/mol. The van der Waals surface area contributed by atoms with Crippen LogP contribution in [0.25, 0.3) is 10.2 Å². The summed E-state index contributed by atoms with van der Waals surface area (Å²) < 4.78 is 5.34. The molecule has 1 saturated heterocycles. The third kappa shape index (κ3) is 3.89. The Labute approximate surface area is 178 Å². The number of carbonyl (C=O) groups is 1. The number of aromatic nitrogens is 2. The number of aryl methyl sites for hydroxylation is 2. The number of fused-ring (bicyclic) bond motifs is 1. The van der Waals surface area contributed by atoms with Crippen molar-refractivity contribution < 1.29 is 9.53 Å². The van der Waals surface area contributed by atoms with Crippen LogP contribution in [0.4, 0.5) is 11.5 Å². The molecule has 1 aliphatic rings. The Morgan fingerprint density at radius 2 is 1.97 bits per heavy atom. The van der Waals surface area contributed by atoms with Crippen LogP contribution in [0.1, 0.15) is 40.3 Å². The van der Waals surface area contributed by atoms with E-state index in [9.17, 15) is 4.79 Å². The van der Waals surface area contributed by atoms with Crippen LogP contribution >= 0.6 is 22.9 Å². The second kappa shape index (κ2) is 8.16. The van der Waals surface area contributed by atoms with Gasteiger partial charge in [-0.1, -0.05) is 11.6 Å². The van der Waals surface area contributed by atoms with Crippen molar-refractivity contribution in [1.29, 1.82) is 0 Å².